The first-order valence-electron chi connectivity index (χ1n) is 6.60. The highest BCUT2D eigenvalue weighted by molar-refractivity contribution is 7.11. The average molecular weight is 316 g/mol. The summed E-state index contributed by atoms with van der Waals surface area (Å²) in [4.78, 5) is 4.51. The van der Waals surface area contributed by atoms with Gasteiger partial charge in [0.05, 0.1) is 16.3 Å². The Balaban J connectivity index is 1.81. The molecule has 2 heterocycles. The zero-order valence-corrected chi connectivity index (χ0v) is 13.5. The second kappa shape index (κ2) is 5.83. The summed E-state index contributed by atoms with van der Waals surface area (Å²) in [5, 5.41) is 7.44. The summed E-state index contributed by atoms with van der Waals surface area (Å²) in [5.74, 6) is 0.539. The fourth-order valence-corrected chi connectivity index (χ4v) is 3.36. The van der Waals surface area contributed by atoms with Gasteiger partial charge in [0.15, 0.2) is 0 Å². The molecule has 3 N–H and O–H groups in total. The van der Waals surface area contributed by atoms with Crippen LogP contribution >= 0.6 is 22.9 Å². The average Bonchev–Trinajstić information content (AvgIpc) is 3.04. The van der Waals surface area contributed by atoms with E-state index in [1.807, 2.05) is 12.3 Å². The minimum atomic E-state index is 0.539. The lowest BCUT2D eigenvalue weighted by Crippen LogP contribution is -1.99. The maximum absolute atomic E-state index is 6.00. The van der Waals surface area contributed by atoms with E-state index in [0.717, 1.165) is 27.8 Å². The highest BCUT2D eigenvalue weighted by atomic mass is 32.1. The Kier molecular flexibility index (Phi) is 3.90. The van der Waals surface area contributed by atoms with Gasteiger partial charge in [0.25, 0.3) is 0 Å². The van der Waals surface area contributed by atoms with E-state index < -0.39 is 0 Å². The SMILES string of the molecule is Cc1ccc(CNc2snc(N)c2-c2csc(C)n2)cc1. The normalized spacial score (nSPS) is 10.8. The van der Waals surface area contributed by atoms with Gasteiger partial charge in [0.2, 0.25) is 0 Å². The number of hydrogen-bond acceptors (Lipinski definition) is 6. The summed E-state index contributed by atoms with van der Waals surface area (Å²) < 4.78 is 4.25. The smallest absolute Gasteiger partial charge is 0.148 e. The molecule has 0 aliphatic rings. The molecule has 3 rings (SSSR count). The topological polar surface area (TPSA) is 63.8 Å². The Morgan fingerprint density at radius 1 is 1.19 bits per heavy atom. The van der Waals surface area contributed by atoms with Crippen molar-refractivity contribution >= 4 is 33.7 Å². The van der Waals surface area contributed by atoms with Crippen molar-refractivity contribution in [1.82, 2.24) is 9.36 Å². The van der Waals surface area contributed by atoms with Crippen LogP contribution in [0.25, 0.3) is 11.3 Å². The first-order valence-corrected chi connectivity index (χ1v) is 8.26. The zero-order valence-electron chi connectivity index (χ0n) is 11.9. The van der Waals surface area contributed by atoms with Gasteiger partial charge in [-0.2, -0.15) is 4.37 Å². The van der Waals surface area contributed by atoms with E-state index in [9.17, 15) is 0 Å². The van der Waals surface area contributed by atoms with E-state index in [-0.39, 0.29) is 0 Å². The number of thiazole rings is 1. The standard InChI is InChI=1S/C15H16N4S2/c1-9-3-5-11(6-4-9)7-17-15-13(14(16)19-21-15)12-8-20-10(2)18-12/h3-6,8,17H,7H2,1-2H3,(H2,16,19). The first-order chi connectivity index (χ1) is 10.1. The number of hydrogen-bond donors (Lipinski definition) is 2. The number of aryl methyl sites for hydroxylation is 2. The maximum Gasteiger partial charge on any atom is 0.148 e. The predicted octanol–water partition coefficient (Wildman–Crippen LogP) is 4.08. The Morgan fingerprint density at radius 3 is 2.62 bits per heavy atom. The molecule has 0 atom stereocenters. The summed E-state index contributed by atoms with van der Waals surface area (Å²) in [5.41, 5.74) is 10.3. The van der Waals surface area contributed by atoms with Gasteiger partial charge in [-0.3, -0.25) is 0 Å². The molecule has 0 saturated heterocycles. The second-order valence-electron chi connectivity index (χ2n) is 4.86. The first kappa shape index (κ1) is 14.0. The van der Waals surface area contributed by atoms with E-state index in [2.05, 4.69) is 45.9 Å². The van der Waals surface area contributed by atoms with Crippen LogP contribution in [0.5, 0.6) is 0 Å². The highest BCUT2D eigenvalue weighted by Gasteiger charge is 2.15. The van der Waals surface area contributed by atoms with Gasteiger partial charge < -0.3 is 11.1 Å². The van der Waals surface area contributed by atoms with Crippen LogP contribution in [0.3, 0.4) is 0 Å². The molecule has 4 nitrogen and oxygen atoms in total. The number of nitrogens with one attached hydrogen (secondary N) is 1. The molecule has 0 unspecified atom stereocenters. The number of benzene rings is 1. The number of anilines is 2. The van der Waals surface area contributed by atoms with Crippen LogP contribution in [0.15, 0.2) is 29.6 Å². The molecule has 0 saturated carbocycles. The van der Waals surface area contributed by atoms with Crippen molar-refractivity contribution in [3.8, 4) is 11.3 Å². The van der Waals surface area contributed by atoms with Crippen LogP contribution in [-0.4, -0.2) is 9.36 Å². The minimum absolute atomic E-state index is 0.539. The van der Waals surface area contributed by atoms with Gasteiger partial charge in [0, 0.05) is 11.9 Å². The van der Waals surface area contributed by atoms with Gasteiger partial charge in [0.1, 0.15) is 10.8 Å². The third-order valence-corrected chi connectivity index (χ3v) is 4.76. The van der Waals surface area contributed by atoms with Gasteiger partial charge in [-0.1, -0.05) is 29.8 Å². The molecule has 1 aromatic carbocycles. The van der Waals surface area contributed by atoms with E-state index >= 15 is 0 Å². The highest BCUT2D eigenvalue weighted by Crippen LogP contribution is 2.37. The quantitative estimate of drug-likeness (QED) is 0.761. The Bertz CT molecular complexity index is 743. The maximum atomic E-state index is 6.00. The van der Waals surface area contributed by atoms with E-state index in [1.54, 1.807) is 11.3 Å². The molecule has 21 heavy (non-hydrogen) atoms. The molecule has 0 radical (unpaired) electrons. The third kappa shape index (κ3) is 3.06. The van der Waals surface area contributed by atoms with E-state index in [4.69, 9.17) is 5.73 Å². The molecule has 0 aliphatic carbocycles. The van der Waals surface area contributed by atoms with Gasteiger partial charge >= 0.3 is 0 Å². The molecule has 2 aromatic heterocycles. The molecular weight excluding hydrogens is 300 g/mol. The van der Waals surface area contributed by atoms with Crippen molar-refractivity contribution < 1.29 is 0 Å². The van der Waals surface area contributed by atoms with Crippen molar-refractivity contribution in [3.63, 3.8) is 0 Å². The second-order valence-corrected chi connectivity index (χ2v) is 6.70. The predicted molar refractivity (Wildman–Crippen MR) is 90.9 cm³/mol. The molecule has 0 fully saturated rings. The molecule has 0 aliphatic heterocycles. The molecule has 3 aromatic rings. The van der Waals surface area contributed by atoms with Crippen molar-refractivity contribution in [2.45, 2.75) is 20.4 Å². The lowest BCUT2D eigenvalue weighted by atomic mass is 10.1. The number of nitrogen functional groups attached to an aromatic ring is 1. The van der Waals surface area contributed by atoms with Gasteiger partial charge in [-0.05, 0) is 30.9 Å². The summed E-state index contributed by atoms with van der Waals surface area (Å²) >= 11 is 3.00. The zero-order chi connectivity index (χ0) is 14.8. The van der Waals surface area contributed by atoms with Gasteiger partial charge in [-0.25, -0.2) is 4.98 Å². The van der Waals surface area contributed by atoms with Crippen molar-refractivity contribution in [2.75, 3.05) is 11.1 Å². The van der Waals surface area contributed by atoms with Crippen LogP contribution in [0.2, 0.25) is 0 Å². The van der Waals surface area contributed by atoms with Gasteiger partial charge in [-0.15, -0.1) is 11.3 Å². The molecular formula is C15H16N4S2. The monoisotopic (exact) mass is 316 g/mol. The summed E-state index contributed by atoms with van der Waals surface area (Å²) in [6.07, 6.45) is 0. The van der Waals surface area contributed by atoms with Crippen molar-refractivity contribution in [1.29, 1.82) is 0 Å². The number of nitrogens with two attached hydrogens (primary N) is 1. The lowest BCUT2D eigenvalue weighted by molar-refractivity contribution is 1.15. The number of aromatic nitrogens is 2. The molecule has 6 heteroatoms. The Morgan fingerprint density at radius 2 is 1.95 bits per heavy atom. The summed E-state index contributed by atoms with van der Waals surface area (Å²) in [6.45, 7) is 4.82. The third-order valence-electron chi connectivity index (χ3n) is 3.17. The largest absolute Gasteiger partial charge is 0.382 e. The van der Waals surface area contributed by atoms with Crippen molar-refractivity contribution in [2.24, 2.45) is 0 Å². The van der Waals surface area contributed by atoms with Crippen LogP contribution < -0.4 is 11.1 Å². The molecule has 0 spiro atoms. The molecule has 0 bridgehead atoms. The fraction of sp³-hybridized carbons (Fsp3) is 0.200. The van der Waals surface area contributed by atoms with E-state index in [1.165, 1.54) is 22.7 Å². The Labute approximate surface area is 131 Å². The number of rotatable bonds is 4. The fourth-order valence-electron chi connectivity index (χ4n) is 2.04. The minimum Gasteiger partial charge on any atom is -0.382 e. The van der Waals surface area contributed by atoms with Crippen molar-refractivity contribution in [3.05, 3.63) is 45.8 Å². The number of nitrogens with zero attached hydrogens (tertiary/aromatic N) is 2. The Hall–Kier alpha value is -1.92. The van der Waals surface area contributed by atoms with Crippen LogP contribution in [0.1, 0.15) is 16.1 Å². The summed E-state index contributed by atoms with van der Waals surface area (Å²) in [7, 11) is 0. The van der Waals surface area contributed by atoms with Crippen LogP contribution in [0.4, 0.5) is 10.8 Å². The summed E-state index contributed by atoms with van der Waals surface area (Å²) in [6, 6.07) is 8.48. The lowest BCUT2D eigenvalue weighted by Gasteiger charge is -2.06. The molecule has 108 valence electrons. The van der Waals surface area contributed by atoms with Crippen LogP contribution in [0, 0.1) is 13.8 Å². The molecule has 0 amide bonds. The van der Waals surface area contributed by atoms with Crippen LogP contribution in [-0.2, 0) is 6.54 Å². The van der Waals surface area contributed by atoms with E-state index in [0.29, 0.717) is 5.82 Å².